The maximum absolute atomic E-state index is 14.6. The molecule has 1 fully saturated rings. The molecule has 0 spiro atoms. The van der Waals surface area contributed by atoms with Crippen LogP contribution in [0.3, 0.4) is 0 Å². The van der Waals surface area contributed by atoms with Crippen LogP contribution < -0.4 is 5.73 Å². The molecule has 2 aromatic carbocycles. The lowest BCUT2D eigenvalue weighted by atomic mass is 9.98. The number of amidine groups is 1. The third kappa shape index (κ3) is 6.09. The zero-order chi connectivity index (χ0) is 25.5. The van der Waals surface area contributed by atoms with E-state index >= 15 is 0 Å². The smallest absolute Gasteiger partial charge is 0.197 e. The highest BCUT2D eigenvalue weighted by atomic mass is 19.1. The van der Waals surface area contributed by atoms with Gasteiger partial charge in [-0.2, -0.15) is 5.26 Å². The highest BCUT2D eigenvalue weighted by molar-refractivity contribution is 6.39. The number of hydrogen-bond acceptors (Lipinski definition) is 5. The summed E-state index contributed by atoms with van der Waals surface area (Å²) in [4.78, 5) is 24.3. The first-order chi connectivity index (χ1) is 16.8. The van der Waals surface area contributed by atoms with Crippen LogP contribution in [0.15, 0.2) is 46.4 Å². The zero-order valence-corrected chi connectivity index (χ0v) is 20.8. The van der Waals surface area contributed by atoms with Gasteiger partial charge in [0.1, 0.15) is 11.9 Å². The fraction of sp³-hybridized carbons (Fsp3) is 0.357. The van der Waals surface area contributed by atoms with Gasteiger partial charge in [0, 0.05) is 37.3 Å². The molecule has 0 radical (unpaired) electrons. The van der Waals surface area contributed by atoms with Crippen LogP contribution in [0.2, 0.25) is 0 Å². The standard InChI is InChI=1S/C28H32FN5O/c1-5-26(35)28(34-13-11-23(31)12-14-34)33-27(21-9-10-22(17-30)24(29)15-21)19(4)20-8-7-18(3)25(16-20)32-6-2/h6-10,15-16,23H,5,11-14,31H2,1-4H3/b27-19+,32-6-,33-28+. The van der Waals surface area contributed by atoms with Gasteiger partial charge in [0.15, 0.2) is 11.6 Å². The molecule has 7 heteroatoms. The first-order valence-corrected chi connectivity index (χ1v) is 11.9. The number of nitrogens with zero attached hydrogens (tertiary/aromatic N) is 4. The second-order valence-corrected chi connectivity index (χ2v) is 8.71. The number of benzene rings is 2. The molecule has 0 amide bonds. The van der Waals surface area contributed by atoms with Crippen molar-refractivity contribution in [2.24, 2.45) is 15.7 Å². The number of piperidine rings is 1. The molecule has 1 aliphatic rings. The van der Waals surface area contributed by atoms with Crippen molar-refractivity contribution in [2.45, 2.75) is 53.0 Å². The number of hydrogen-bond donors (Lipinski definition) is 1. The Morgan fingerprint density at radius 2 is 1.91 bits per heavy atom. The largest absolute Gasteiger partial charge is 0.354 e. The van der Waals surface area contributed by atoms with E-state index in [2.05, 4.69) is 4.99 Å². The molecule has 2 N–H and O–H groups in total. The third-order valence-electron chi connectivity index (χ3n) is 6.26. The van der Waals surface area contributed by atoms with Crippen LogP contribution in [0, 0.1) is 24.1 Å². The van der Waals surface area contributed by atoms with E-state index in [4.69, 9.17) is 10.7 Å². The highest BCUT2D eigenvalue weighted by Crippen LogP contribution is 2.32. The molecule has 0 aromatic heterocycles. The molecule has 1 aliphatic heterocycles. The fourth-order valence-electron chi connectivity index (χ4n) is 4.06. The quantitative estimate of drug-likeness (QED) is 0.344. The molecule has 0 aliphatic carbocycles. The molecule has 0 bridgehead atoms. The number of carbonyl (C=O) groups is 1. The van der Waals surface area contributed by atoms with Crippen LogP contribution in [-0.2, 0) is 4.79 Å². The van der Waals surface area contributed by atoms with E-state index in [9.17, 15) is 14.4 Å². The first kappa shape index (κ1) is 26.0. The van der Waals surface area contributed by atoms with Crippen molar-refractivity contribution >= 4 is 34.8 Å². The van der Waals surface area contributed by atoms with Gasteiger partial charge in [-0.05, 0) is 68.5 Å². The molecule has 1 saturated heterocycles. The highest BCUT2D eigenvalue weighted by Gasteiger charge is 2.24. The van der Waals surface area contributed by atoms with Gasteiger partial charge in [-0.15, -0.1) is 0 Å². The molecule has 2 aromatic rings. The molecule has 3 rings (SSSR count). The first-order valence-electron chi connectivity index (χ1n) is 11.9. The van der Waals surface area contributed by atoms with Gasteiger partial charge >= 0.3 is 0 Å². The summed E-state index contributed by atoms with van der Waals surface area (Å²) in [6.45, 7) is 8.83. The lowest BCUT2D eigenvalue weighted by Gasteiger charge is -2.32. The number of halogens is 1. The number of ketones is 1. The zero-order valence-electron chi connectivity index (χ0n) is 20.8. The number of aryl methyl sites for hydroxylation is 1. The minimum atomic E-state index is -0.627. The average molecular weight is 474 g/mol. The summed E-state index contributed by atoms with van der Waals surface area (Å²) in [5, 5.41) is 9.18. The van der Waals surface area contributed by atoms with E-state index in [1.165, 1.54) is 12.1 Å². The van der Waals surface area contributed by atoms with Crippen LogP contribution in [-0.4, -0.2) is 41.9 Å². The Morgan fingerprint density at radius 1 is 1.23 bits per heavy atom. The molecule has 6 nitrogen and oxygen atoms in total. The number of nitriles is 1. The average Bonchev–Trinajstić information content (AvgIpc) is 2.86. The van der Waals surface area contributed by atoms with Gasteiger partial charge in [0.2, 0.25) is 0 Å². The second-order valence-electron chi connectivity index (χ2n) is 8.71. The Morgan fingerprint density at radius 3 is 2.51 bits per heavy atom. The van der Waals surface area contributed by atoms with Gasteiger partial charge in [-0.3, -0.25) is 9.79 Å². The van der Waals surface area contributed by atoms with E-state index < -0.39 is 5.82 Å². The predicted molar refractivity (Wildman–Crippen MR) is 140 cm³/mol. The number of rotatable bonds is 6. The number of Topliss-reactive ketones (excluding diaryl/α,β-unsaturated/α-hetero) is 1. The van der Waals surface area contributed by atoms with Crippen molar-refractivity contribution in [3.8, 4) is 6.07 Å². The van der Waals surface area contributed by atoms with E-state index in [0.29, 0.717) is 36.6 Å². The van der Waals surface area contributed by atoms with Gasteiger partial charge in [-0.25, -0.2) is 9.38 Å². The molecule has 0 unspecified atom stereocenters. The molecule has 0 atom stereocenters. The third-order valence-corrected chi connectivity index (χ3v) is 6.26. The maximum Gasteiger partial charge on any atom is 0.197 e. The monoisotopic (exact) mass is 473 g/mol. The maximum atomic E-state index is 14.6. The number of allylic oxidation sites excluding steroid dienone is 1. The Balaban J connectivity index is 2.25. The number of aliphatic imine (C=N–C) groups is 2. The summed E-state index contributed by atoms with van der Waals surface area (Å²) >= 11 is 0. The van der Waals surface area contributed by atoms with Crippen LogP contribution in [0.1, 0.15) is 62.3 Å². The lowest BCUT2D eigenvalue weighted by molar-refractivity contribution is -0.113. The summed E-state index contributed by atoms with van der Waals surface area (Å²) in [5.41, 5.74) is 10.5. The van der Waals surface area contributed by atoms with Crippen LogP contribution >= 0.6 is 0 Å². The van der Waals surface area contributed by atoms with Crippen molar-refractivity contribution in [3.63, 3.8) is 0 Å². The number of nitrogens with two attached hydrogens (primary N) is 1. The molecule has 1 heterocycles. The van der Waals surface area contributed by atoms with Crippen LogP contribution in [0.5, 0.6) is 0 Å². The van der Waals surface area contributed by atoms with Gasteiger partial charge in [0.25, 0.3) is 0 Å². The van der Waals surface area contributed by atoms with Crippen molar-refractivity contribution < 1.29 is 9.18 Å². The molecule has 35 heavy (non-hydrogen) atoms. The van der Waals surface area contributed by atoms with Crippen molar-refractivity contribution in [2.75, 3.05) is 13.1 Å². The van der Waals surface area contributed by atoms with Gasteiger partial charge in [0.05, 0.1) is 16.9 Å². The van der Waals surface area contributed by atoms with Gasteiger partial charge < -0.3 is 10.6 Å². The van der Waals surface area contributed by atoms with E-state index in [1.54, 1.807) is 19.2 Å². The van der Waals surface area contributed by atoms with E-state index in [1.807, 2.05) is 49.9 Å². The van der Waals surface area contributed by atoms with Crippen molar-refractivity contribution in [3.05, 3.63) is 64.5 Å². The Kier molecular flexibility index (Phi) is 8.67. The fourth-order valence-corrected chi connectivity index (χ4v) is 4.06. The molecular weight excluding hydrogens is 441 g/mol. The van der Waals surface area contributed by atoms with Crippen LogP contribution in [0.4, 0.5) is 10.1 Å². The number of carbonyl (C=O) groups excluding carboxylic acids is 1. The van der Waals surface area contributed by atoms with E-state index in [0.717, 1.165) is 35.2 Å². The second kappa shape index (κ2) is 11.7. The summed E-state index contributed by atoms with van der Waals surface area (Å²) < 4.78 is 14.6. The molecule has 182 valence electrons. The predicted octanol–water partition coefficient (Wildman–Crippen LogP) is 5.42. The SMILES string of the molecule is C/C=N\c1cc(/C(C)=C(/N=C(\C(=O)CC)N2CCC(N)CC2)c2ccc(C#N)c(F)c2)ccc1C. The van der Waals surface area contributed by atoms with Crippen LogP contribution in [0.25, 0.3) is 11.3 Å². The van der Waals surface area contributed by atoms with Crippen molar-refractivity contribution in [1.29, 1.82) is 5.26 Å². The van der Waals surface area contributed by atoms with Crippen molar-refractivity contribution in [1.82, 2.24) is 4.90 Å². The summed E-state index contributed by atoms with van der Waals surface area (Å²) in [6, 6.07) is 12.3. The minimum Gasteiger partial charge on any atom is -0.354 e. The molecular formula is C28H32FN5O. The lowest BCUT2D eigenvalue weighted by Crippen LogP contribution is -2.45. The minimum absolute atomic E-state index is 0.0421. The Hall–Kier alpha value is -3.63. The van der Waals surface area contributed by atoms with Gasteiger partial charge in [-0.1, -0.05) is 25.1 Å². The summed E-state index contributed by atoms with van der Waals surface area (Å²) in [7, 11) is 0. The normalized spacial score (nSPS) is 15.8. The topological polar surface area (TPSA) is 94.8 Å². The Labute approximate surface area is 206 Å². The summed E-state index contributed by atoms with van der Waals surface area (Å²) in [6.07, 6.45) is 3.58. The summed E-state index contributed by atoms with van der Waals surface area (Å²) in [5.74, 6) is -0.351. The van der Waals surface area contributed by atoms with E-state index in [-0.39, 0.29) is 17.4 Å². The molecule has 0 saturated carbocycles. The Bertz CT molecular complexity index is 1230. The number of likely N-dealkylation sites (tertiary alicyclic amines) is 1.